The van der Waals surface area contributed by atoms with Gasteiger partial charge in [-0.15, -0.1) is 0 Å². The fourth-order valence-corrected chi connectivity index (χ4v) is 1.19. The lowest BCUT2D eigenvalue weighted by Crippen LogP contribution is -2.08. The Kier molecular flexibility index (Phi) is 4.29. The van der Waals surface area contributed by atoms with Crippen molar-refractivity contribution in [3.05, 3.63) is 41.5 Å². The fraction of sp³-hybridized carbons (Fsp3) is 0.182. The largest absolute Gasteiger partial charge is 0.396 e. The molecule has 0 unspecified atom stereocenters. The molecule has 0 radical (unpaired) electrons. The first-order valence-electron chi connectivity index (χ1n) is 4.41. The van der Waals surface area contributed by atoms with Gasteiger partial charge in [0.15, 0.2) is 0 Å². The van der Waals surface area contributed by atoms with Gasteiger partial charge >= 0.3 is 0 Å². The zero-order chi connectivity index (χ0) is 10.4. The maximum atomic E-state index is 8.58. The highest BCUT2D eigenvalue weighted by Crippen LogP contribution is 2.06. The van der Waals surface area contributed by atoms with Crippen LogP contribution < -0.4 is 5.73 Å². The molecular formula is C11H13NOS. The van der Waals surface area contributed by atoms with Crippen LogP contribution in [0.2, 0.25) is 0 Å². The van der Waals surface area contributed by atoms with Crippen LogP contribution in [-0.2, 0) is 0 Å². The van der Waals surface area contributed by atoms with E-state index in [1.54, 1.807) is 0 Å². The quantitative estimate of drug-likeness (QED) is 0.739. The molecule has 0 fully saturated rings. The summed E-state index contributed by atoms with van der Waals surface area (Å²) in [6.07, 6.45) is 4.56. The maximum Gasteiger partial charge on any atom is 0.103 e. The molecule has 0 bridgehead atoms. The summed E-state index contributed by atoms with van der Waals surface area (Å²) in [5.74, 6) is 0. The average molecular weight is 207 g/mol. The molecule has 0 aromatic heterocycles. The van der Waals surface area contributed by atoms with Crippen molar-refractivity contribution in [3.8, 4) is 0 Å². The lowest BCUT2D eigenvalue weighted by Gasteiger charge is -1.98. The number of aliphatic hydroxyl groups is 1. The zero-order valence-electron chi connectivity index (χ0n) is 7.81. The third-order valence-electron chi connectivity index (χ3n) is 1.80. The first kappa shape index (κ1) is 10.9. The first-order chi connectivity index (χ1) is 6.74. The second-order valence-corrected chi connectivity index (χ2v) is 3.34. The van der Waals surface area contributed by atoms with Crippen molar-refractivity contribution in [1.82, 2.24) is 0 Å². The molecule has 0 aliphatic heterocycles. The van der Waals surface area contributed by atoms with E-state index >= 15 is 0 Å². The minimum atomic E-state index is 0.182. The molecule has 1 aromatic carbocycles. The standard InChI is InChI=1S/C11H13NOS/c12-11(14)10-6-4-9(5-7-10)3-1-2-8-13/h1,3-7,13H,2,8H2,(H2,12,14). The molecule has 0 amide bonds. The fourth-order valence-electron chi connectivity index (χ4n) is 1.05. The Labute approximate surface area is 89.1 Å². The van der Waals surface area contributed by atoms with Gasteiger partial charge < -0.3 is 10.8 Å². The van der Waals surface area contributed by atoms with Crippen molar-refractivity contribution in [3.63, 3.8) is 0 Å². The van der Waals surface area contributed by atoms with Crippen molar-refractivity contribution in [2.45, 2.75) is 6.42 Å². The van der Waals surface area contributed by atoms with Gasteiger partial charge in [0.25, 0.3) is 0 Å². The third kappa shape index (κ3) is 3.28. The van der Waals surface area contributed by atoms with E-state index in [2.05, 4.69) is 0 Å². The molecule has 0 aliphatic rings. The Morgan fingerprint density at radius 2 is 2.00 bits per heavy atom. The zero-order valence-corrected chi connectivity index (χ0v) is 8.63. The van der Waals surface area contributed by atoms with E-state index in [9.17, 15) is 0 Å². The van der Waals surface area contributed by atoms with E-state index in [0.717, 1.165) is 11.1 Å². The molecule has 74 valence electrons. The Balaban J connectivity index is 2.68. The van der Waals surface area contributed by atoms with Gasteiger partial charge in [0.1, 0.15) is 4.99 Å². The Morgan fingerprint density at radius 1 is 1.36 bits per heavy atom. The summed E-state index contributed by atoms with van der Waals surface area (Å²) in [5.41, 5.74) is 7.42. The van der Waals surface area contributed by atoms with Crippen LogP contribution in [0, 0.1) is 0 Å². The second kappa shape index (κ2) is 5.52. The summed E-state index contributed by atoms with van der Waals surface area (Å²) in [6, 6.07) is 7.67. The molecule has 0 spiro atoms. The third-order valence-corrected chi connectivity index (χ3v) is 2.04. The van der Waals surface area contributed by atoms with Crippen molar-refractivity contribution < 1.29 is 5.11 Å². The van der Waals surface area contributed by atoms with E-state index in [-0.39, 0.29) is 6.61 Å². The van der Waals surface area contributed by atoms with Crippen LogP contribution in [-0.4, -0.2) is 16.7 Å². The van der Waals surface area contributed by atoms with Crippen LogP contribution in [0.25, 0.3) is 6.08 Å². The number of nitrogens with two attached hydrogens (primary N) is 1. The van der Waals surface area contributed by atoms with E-state index in [1.165, 1.54) is 0 Å². The maximum absolute atomic E-state index is 8.58. The molecule has 14 heavy (non-hydrogen) atoms. The highest BCUT2D eigenvalue weighted by Gasteiger charge is 1.93. The summed E-state index contributed by atoms with van der Waals surface area (Å²) in [6.45, 7) is 0.182. The SMILES string of the molecule is NC(=S)c1ccc(C=CCCO)cc1. The summed E-state index contributed by atoms with van der Waals surface area (Å²) in [5, 5.41) is 8.58. The second-order valence-electron chi connectivity index (χ2n) is 2.90. The molecule has 0 atom stereocenters. The van der Waals surface area contributed by atoms with Crippen LogP contribution in [0.5, 0.6) is 0 Å². The molecule has 0 aliphatic carbocycles. The lowest BCUT2D eigenvalue weighted by molar-refractivity contribution is 0.303. The minimum absolute atomic E-state index is 0.182. The minimum Gasteiger partial charge on any atom is -0.396 e. The summed E-state index contributed by atoms with van der Waals surface area (Å²) in [4.78, 5) is 0.413. The van der Waals surface area contributed by atoms with Crippen molar-refractivity contribution in [1.29, 1.82) is 0 Å². The van der Waals surface area contributed by atoms with E-state index in [0.29, 0.717) is 11.4 Å². The molecule has 1 rings (SSSR count). The van der Waals surface area contributed by atoms with Gasteiger partial charge in [-0.25, -0.2) is 0 Å². The number of benzene rings is 1. The number of hydrogen-bond acceptors (Lipinski definition) is 2. The molecular weight excluding hydrogens is 194 g/mol. The molecule has 3 heteroatoms. The van der Waals surface area contributed by atoms with Gasteiger partial charge in [-0.1, -0.05) is 48.6 Å². The van der Waals surface area contributed by atoms with Crippen LogP contribution >= 0.6 is 12.2 Å². The molecule has 0 saturated heterocycles. The normalized spacial score (nSPS) is 10.6. The van der Waals surface area contributed by atoms with Crippen LogP contribution in [0.4, 0.5) is 0 Å². The Hall–Kier alpha value is -1.19. The predicted molar refractivity (Wildman–Crippen MR) is 63.1 cm³/mol. The van der Waals surface area contributed by atoms with Gasteiger partial charge in [0, 0.05) is 12.2 Å². The van der Waals surface area contributed by atoms with E-state index < -0.39 is 0 Å². The van der Waals surface area contributed by atoms with Crippen LogP contribution in [0.3, 0.4) is 0 Å². The number of rotatable bonds is 4. The van der Waals surface area contributed by atoms with Gasteiger partial charge in [-0.3, -0.25) is 0 Å². The average Bonchev–Trinajstić information content (AvgIpc) is 2.19. The highest BCUT2D eigenvalue weighted by molar-refractivity contribution is 7.80. The summed E-state index contributed by atoms with van der Waals surface area (Å²) >= 11 is 4.84. The van der Waals surface area contributed by atoms with Crippen molar-refractivity contribution in [2.24, 2.45) is 5.73 Å². The van der Waals surface area contributed by atoms with Gasteiger partial charge in [-0.05, 0) is 12.0 Å². The highest BCUT2D eigenvalue weighted by atomic mass is 32.1. The summed E-state index contributed by atoms with van der Waals surface area (Å²) < 4.78 is 0. The molecule has 0 heterocycles. The van der Waals surface area contributed by atoms with Crippen molar-refractivity contribution in [2.75, 3.05) is 6.61 Å². The Morgan fingerprint density at radius 3 is 2.50 bits per heavy atom. The number of thiocarbonyl (C=S) groups is 1. The molecule has 1 aromatic rings. The topological polar surface area (TPSA) is 46.2 Å². The predicted octanol–water partition coefficient (Wildman–Crippen LogP) is 1.72. The smallest absolute Gasteiger partial charge is 0.103 e. The molecule has 2 nitrogen and oxygen atoms in total. The van der Waals surface area contributed by atoms with E-state index in [1.807, 2.05) is 36.4 Å². The summed E-state index contributed by atoms with van der Waals surface area (Å²) in [7, 11) is 0. The Bertz CT molecular complexity index is 330. The number of hydrogen-bond donors (Lipinski definition) is 2. The van der Waals surface area contributed by atoms with Crippen LogP contribution in [0.1, 0.15) is 17.5 Å². The van der Waals surface area contributed by atoms with Gasteiger partial charge in [0.05, 0.1) is 0 Å². The van der Waals surface area contributed by atoms with Gasteiger partial charge in [-0.2, -0.15) is 0 Å². The van der Waals surface area contributed by atoms with Crippen molar-refractivity contribution >= 4 is 23.3 Å². The monoisotopic (exact) mass is 207 g/mol. The van der Waals surface area contributed by atoms with Crippen LogP contribution in [0.15, 0.2) is 30.3 Å². The molecule has 3 N–H and O–H groups in total. The lowest BCUT2D eigenvalue weighted by atomic mass is 10.1. The molecule has 0 saturated carbocycles. The van der Waals surface area contributed by atoms with E-state index in [4.69, 9.17) is 23.1 Å². The van der Waals surface area contributed by atoms with Gasteiger partial charge in [0.2, 0.25) is 0 Å². The number of aliphatic hydroxyl groups excluding tert-OH is 1. The first-order valence-corrected chi connectivity index (χ1v) is 4.82.